The average Bonchev–Trinajstić information content (AvgIpc) is 2.30. The highest BCUT2D eigenvalue weighted by atomic mass is 127. The van der Waals surface area contributed by atoms with E-state index in [9.17, 15) is 4.79 Å². The summed E-state index contributed by atoms with van der Waals surface area (Å²) in [6.45, 7) is 13.2. The van der Waals surface area contributed by atoms with Gasteiger partial charge in [0.15, 0.2) is 5.96 Å². The Hall–Kier alpha value is -0.570. The molecular formula is C14H31IN4O2. The summed E-state index contributed by atoms with van der Waals surface area (Å²) >= 11 is 0. The Labute approximate surface area is 145 Å². The van der Waals surface area contributed by atoms with Gasteiger partial charge >= 0.3 is 0 Å². The van der Waals surface area contributed by atoms with Gasteiger partial charge in [-0.2, -0.15) is 0 Å². The Morgan fingerprint density at radius 3 is 2.14 bits per heavy atom. The first-order valence-corrected chi connectivity index (χ1v) is 6.98. The molecule has 0 aliphatic rings. The van der Waals surface area contributed by atoms with Crippen LogP contribution < -0.4 is 16.0 Å². The average molecular weight is 414 g/mol. The first-order chi connectivity index (χ1) is 9.09. The largest absolute Gasteiger partial charge is 0.377 e. The smallest absolute Gasteiger partial charge is 0.242 e. The van der Waals surface area contributed by atoms with Gasteiger partial charge in [-0.25, -0.2) is 4.99 Å². The maximum atomic E-state index is 11.7. The molecule has 21 heavy (non-hydrogen) atoms. The number of carbonyl (C=O) groups excluding carboxylic acids is 1. The third kappa shape index (κ3) is 12.9. The SMILES string of the molecule is CCNC(=NCC(=O)NC(C)(C)C)NCC(C)(C)OC.I. The van der Waals surface area contributed by atoms with Gasteiger partial charge in [-0.3, -0.25) is 4.79 Å². The molecule has 0 unspecified atom stereocenters. The van der Waals surface area contributed by atoms with Gasteiger partial charge in [-0.05, 0) is 41.5 Å². The lowest BCUT2D eigenvalue weighted by molar-refractivity contribution is -0.121. The number of ether oxygens (including phenoxy) is 1. The molecule has 0 saturated carbocycles. The van der Waals surface area contributed by atoms with Gasteiger partial charge in [0.25, 0.3) is 0 Å². The van der Waals surface area contributed by atoms with E-state index in [2.05, 4.69) is 20.9 Å². The van der Waals surface area contributed by atoms with Crippen molar-refractivity contribution in [2.45, 2.75) is 52.7 Å². The Balaban J connectivity index is 0. The van der Waals surface area contributed by atoms with Gasteiger partial charge in [-0.1, -0.05) is 0 Å². The molecular weight excluding hydrogens is 383 g/mol. The highest BCUT2D eigenvalue weighted by Gasteiger charge is 2.17. The van der Waals surface area contributed by atoms with E-state index < -0.39 is 0 Å². The Morgan fingerprint density at radius 1 is 1.14 bits per heavy atom. The number of nitrogens with zero attached hydrogens (tertiary/aromatic N) is 1. The Morgan fingerprint density at radius 2 is 1.71 bits per heavy atom. The summed E-state index contributed by atoms with van der Waals surface area (Å²) in [6, 6.07) is 0. The zero-order chi connectivity index (χ0) is 15.8. The van der Waals surface area contributed by atoms with Gasteiger partial charge < -0.3 is 20.7 Å². The monoisotopic (exact) mass is 414 g/mol. The zero-order valence-corrected chi connectivity index (χ0v) is 16.6. The molecule has 3 N–H and O–H groups in total. The van der Waals surface area contributed by atoms with Crippen LogP contribution in [-0.2, 0) is 9.53 Å². The molecule has 0 rings (SSSR count). The second-order valence-corrected chi connectivity index (χ2v) is 6.31. The molecule has 0 aliphatic carbocycles. The summed E-state index contributed by atoms with van der Waals surface area (Å²) in [5.41, 5.74) is -0.527. The first-order valence-electron chi connectivity index (χ1n) is 6.98. The van der Waals surface area contributed by atoms with Crippen LogP contribution in [0.3, 0.4) is 0 Å². The van der Waals surface area contributed by atoms with Gasteiger partial charge in [0.05, 0.1) is 5.60 Å². The summed E-state index contributed by atoms with van der Waals surface area (Å²) in [5, 5.41) is 9.14. The molecule has 0 saturated heterocycles. The minimum atomic E-state index is -0.288. The number of nitrogens with one attached hydrogen (secondary N) is 3. The van der Waals surface area contributed by atoms with Crippen molar-refractivity contribution in [3.8, 4) is 0 Å². The van der Waals surface area contributed by atoms with Crippen LogP contribution in [0.25, 0.3) is 0 Å². The minimum Gasteiger partial charge on any atom is -0.377 e. The number of hydrogen-bond donors (Lipinski definition) is 3. The lowest BCUT2D eigenvalue weighted by atomic mass is 10.1. The van der Waals surface area contributed by atoms with Crippen LogP contribution in [0.4, 0.5) is 0 Å². The van der Waals surface area contributed by atoms with E-state index in [0.717, 1.165) is 6.54 Å². The highest BCUT2D eigenvalue weighted by molar-refractivity contribution is 14.0. The Bertz CT molecular complexity index is 338. The molecule has 0 bridgehead atoms. The van der Waals surface area contributed by atoms with Crippen LogP contribution in [-0.4, -0.2) is 49.8 Å². The van der Waals surface area contributed by atoms with Crippen molar-refractivity contribution in [2.75, 3.05) is 26.7 Å². The molecule has 0 aromatic heterocycles. The highest BCUT2D eigenvalue weighted by Crippen LogP contribution is 2.04. The molecule has 1 amide bonds. The molecule has 6 nitrogen and oxygen atoms in total. The van der Waals surface area contributed by atoms with Gasteiger partial charge in [-0.15, -0.1) is 24.0 Å². The number of hydrogen-bond acceptors (Lipinski definition) is 3. The number of amides is 1. The van der Waals surface area contributed by atoms with E-state index in [0.29, 0.717) is 12.5 Å². The van der Waals surface area contributed by atoms with Crippen LogP contribution >= 0.6 is 24.0 Å². The van der Waals surface area contributed by atoms with Crippen LogP contribution in [0.15, 0.2) is 4.99 Å². The van der Waals surface area contributed by atoms with Crippen molar-refractivity contribution in [2.24, 2.45) is 4.99 Å². The van der Waals surface area contributed by atoms with Crippen molar-refractivity contribution >= 4 is 35.8 Å². The quantitative estimate of drug-likeness (QED) is 0.350. The van der Waals surface area contributed by atoms with Crippen molar-refractivity contribution in [1.29, 1.82) is 0 Å². The van der Waals surface area contributed by atoms with Crippen LogP contribution in [0, 0.1) is 0 Å². The molecule has 126 valence electrons. The van der Waals surface area contributed by atoms with Crippen LogP contribution in [0.2, 0.25) is 0 Å². The summed E-state index contributed by atoms with van der Waals surface area (Å²) in [5.74, 6) is 0.516. The fraction of sp³-hybridized carbons (Fsp3) is 0.857. The number of carbonyl (C=O) groups is 1. The predicted molar refractivity (Wildman–Crippen MR) is 98.4 cm³/mol. The molecule has 0 spiro atoms. The van der Waals surface area contributed by atoms with Crippen LogP contribution in [0.5, 0.6) is 0 Å². The summed E-state index contributed by atoms with van der Waals surface area (Å²) in [4.78, 5) is 16.0. The molecule has 7 heteroatoms. The second kappa shape index (κ2) is 10.2. The second-order valence-electron chi connectivity index (χ2n) is 6.31. The summed E-state index contributed by atoms with van der Waals surface area (Å²) in [6.07, 6.45) is 0. The van der Waals surface area contributed by atoms with E-state index in [4.69, 9.17) is 4.74 Å². The lowest BCUT2D eigenvalue weighted by Gasteiger charge is -2.24. The Kier molecular flexibility index (Phi) is 11.0. The van der Waals surface area contributed by atoms with Gasteiger partial charge in [0.1, 0.15) is 6.54 Å². The summed E-state index contributed by atoms with van der Waals surface area (Å²) < 4.78 is 5.33. The number of halogens is 1. The molecule has 0 aromatic rings. The van der Waals surface area contributed by atoms with E-state index in [1.807, 2.05) is 41.5 Å². The minimum absolute atomic E-state index is 0. The van der Waals surface area contributed by atoms with Gasteiger partial charge in [0.2, 0.25) is 5.91 Å². The number of guanidine groups is 1. The number of methoxy groups -OCH3 is 1. The van der Waals surface area contributed by atoms with Crippen molar-refractivity contribution in [3.05, 3.63) is 0 Å². The standard InChI is InChI=1S/C14H30N4O2.HI/c1-8-15-12(17-10-14(5,6)20-7)16-9-11(19)18-13(2,3)4;/h8-10H2,1-7H3,(H,18,19)(H2,15,16,17);1H. The van der Waals surface area contributed by atoms with Crippen LogP contribution in [0.1, 0.15) is 41.5 Å². The van der Waals surface area contributed by atoms with Gasteiger partial charge in [0, 0.05) is 25.7 Å². The van der Waals surface area contributed by atoms with E-state index in [1.165, 1.54) is 0 Å². The third-order valence-electron chi connectivity index (χ3n) is 2.47. The number of aliphatic imine (C=N–C) groups is 1. The molecule has 0 fully saturated rings. The van der Waals surface area contributed by atoms with Crippen molar-refractivity contribution in [1.82, 2.24) is 16.0 Å². The summed E-state index contributed by atoms with van der Waals surface area (Å²) in [7, 11) is 1.67. The third-order valence-corrected chi connectivity index (χ3v) is 2.47. The molecule has 0 aromatic carbocycles. The fourth-order valence-corrected chi connectivity index (χ4v) is 1.32. The molecule has 0 heterocycles. The molecule has 0 aliphatic heterocycles. The molecule has 0 radical (unpaired) electrons. The van der Waals surface area contributed by atoms with E-state index in [1.54, 1.807) is 7.11 Å². The van der Waals surface area contributed by atoms with Crippen molar-refractivity contribution in [3.63, 3.8) is 0 Å². The maximum absolute atomic E-state index is 11.7. The van der Waals surface area contributed by atoms with E-state index in [-0.39, 0.29) is 47.6 Å². The topological polar surface area (TPSA) is 74.8 Å². The fourth-order valence-electron chi connectivity index (χ4n) is 1.32. The van der Waals surface area contributed by atoms with Crippen molar-refractivity contribution < 1.29 is 9.53 Å². The predicted octanol–water partition coefficient (Wildman–Crippen LogP) is 1.50. The maximum Gasteiger partial charge on any atom is 0.242 e. The number of rotatable bonds is 6. The van der Waals surface area contributed by atoms with E-state index >= 15 is 0 Å². The molecule has 0 atom stereocenters. The normalized spacial score (nSPS) is 12.4. The first kappa shape index (κ1) is 22.7. The lowest BCUT2D eigenvalue weighted by Crippen LogP contribution is -2.46. The zero-order valence-electron chi connectivity index (χ0n) is 14.3.